The van der Waals surface area contributed by atoms with Crippen LogP contribution in [0.5, 0.6) is 5.75 Å². The second-order valence-corrected chi connectivity index (χ2v) is 5.50. The molecule has 0 radical (unpaired) electrons. The molecule has 0 saturated heterocycles. The van der Waals surface area contributed by atoms with E-state index in [0.717, 1.165) is 18.8 Å². The average Bonchev–Trinajstić information content (AvgIpc) is 2.48. The van der Waals surface area contributed by atoms with E-state index < -0.39 is 6.09 Å². The van der Waals surface area contributed by atoms with Crippen molar-refractivity contribution in [1.82, 2.24) is 4.90 Å². The molecule has 0 aliphatic rings. The molecule has 5 heteroatoms. The number of carbonyl (C=O) groups is 1. The molecule has 0 atom stereocenters. The second-order valence-electron chi connectivity index (χ2n) is 5.50. The highest BCUT2D eigenvalue weighted by molar-refractivity contribution is 5.84. The zero-order valence-corrected chi connectivity index (χ0v) is 13.9. The van der Waals surface area contributed by atoms with Crippen molar-refractivity contribution in [3.63, 3.8) is 0 Å². The maximum Gasteiger partial charge on any atom is 0.411 e. The lowest BCUT2D eigenvalue weighted by atomic mass is 10.2. The fourth-order valence-corrected chi connectivity index (χ4v) is 1.83. The molecule has 1 rings (SSSR count). The highest BCUT2D eigenvalue weighted by Gasteiger charge is 2.03. The van der Waals surface area contributed by atoms with E-state index >= 15 is 0 Å². The third kappa shape index (κ3) is 8.52. The largest absolute Gasteiger partial charge is 0.494 e. The predicted octanol–water partition coefficient (Wildman–Crippen LogP) is 3.76. The maximum absolute atomic E-state index is 11.6. The second kappa shape index (κ2) is 10.9. The Kier molecular flexibility index (Phi) is 9.07. The number of ether oxygens (including phenoxy) is 2. The Labute approximate surface area is 133 Å². The molecule has 5 nitrogen and oxygen atoms in total. The number of amides is 1. The van der Waals surface area contributed by atoms with Gasteiger partial charge in [0, 0.05) is 12.2 Å². The Balaban J connectivity index is 2.24. The zero-order valence-electron chi connectivity index (χ0n) is 13.9. The van der Waals surface area contributed by atoms with Crippen LogP contribution in [0.15, 0.2) is 24.3 Å². The molecule has 0 spiro atoms. The first-order valence-corrected chi connectivity index (χ1v) is 7.93. The van der Waals surface area contributed by atoms with Gasteiger partial charge in [0.25, 0.3) is 0 Å². The molecule has 22 heavy (non-hydrogen) atoms. The molecule has 0 bridgehead atoms. The molecule has 0 unspecified atom stereocenters. The first kappa shape index (κ1) is 18.3. The van der Waals surface area contributed by atoms with Crippen molar-refractivity contribution < 1.29 is 14.3 Å². The monoisotopic (exact) mass is 308 g/mol. The van der Waals surface area contributed by atoms with Gasteiger partial charge in [0.05, 0.1) is 6.61 Å². The van der Waals surface area contributed by atoms with Gasteiger partial charge in [-0.25, -0.2) is 4.79 Å². The minimum atomic E-state index is -0.435. The van der Waals surface area contributed by atoms with Crippen LogP contribution in [0, 0.1) is 0 Å². The summed E-state index contributed by atoms with van der Waals surface area (Å²) < 4.78 is 10.7. The number of anilines is 1. The van der Waals surface area contributed by atoms with Crippen LogP contribution in [0.4, 0.5) is 10.5 Å². The summed E-state index contributed by atoms with van der Waals surface area (Å²) in [5.74, 6) is 0.822. The van der Waals surface area contributed by atoms with Gasteiger partial charge in [0.15, 0.2) is 0 Å². The van der Waals surface area contributed by atoms with Crippen LogP contribution >= 0.6 is 0 Å². The number of hydrogen-bond donors (Lipinski definition) is 1. The molecule has 1 amide bonds. The van der Waals surface area contributed by atoms with Crippen molar-refractivity contribution >= 4 is 11.8 Å². The fourth-order valence-electron chi connectivity index (χ4n) is 1.83. The average molecular weight is 308 g/mol. The van der Waals surface area contributed by atoms with Crippen LogP contribution in [0.2, 0.25) is 0 Å². The Morgan fingerprint density at radius 1 is 1.09 bits per heavy atom. The molecule has 0 aromatic heterocycles. The maximum atomic E-state index is 11.6. The van der Waals surface area contributed by atoms with Gasteiger partial charge in [-0.05, 0) is 44.8 Å². The van der Waals surface area contributed by atoms with E-state index in [1.807, 2.05) is 43.3 Å². The van der Waals surface area contributed by atoms with E-state index in [1.165, 1.54) is 19.3 Å². The summed E-state index contributed by atoms with van der Waals surface area (Å²) >= 11 is 0. The van der Waals surface area contributed by atoms with Crippen LogP contribution < -0.4 is 10.1 Å². The summed E-state index contributed by atoms with van der Waals surface area (Å²) in [5, 5.41) is 2.69. The molecule has 0 heterocycles. The van der Waals surface area contributed by atoms with E-state index in [4.69, 9.17) is 9.47 Å². The number of carbonyl (C=O) groups excluding carboxylic acids is 1. The van der Waals surface area contributed by atoms with Crippen molar-refractivity contribution in [2.45, 2.75) is 32.6 Å². The first-order chi connectivity index (χ1) is 10.6. The lowest BCUT2D eigenvalue weighted by Crippen LogP contribution is -2.22. The number of benzene rings is 1. The zero-order chi connectivity index (χ0) is 16.2. The molecular formula is C17H28N2O3. The van der Waals surface area contributed by atoms with Crippen LogP contribution in [0.3, 0.4) is 0 Å². The van der Waals surface area contributed by atoms with Crippen LogP contribution in [0.25, 0.3) is 0 Å². The van der Waals surface area contributed by atoms with Crippen LogP contribution in [-0.4, -0.2) is 44.8 Å². The Hall–Kier alpha value is -1.75. The van der Waals surface area contributed by atoms with Gasteiger partial charge in [-0.2, -0.15) is 0 Å². The van der Waals surface area contributed by atoms with Crippen molar-refractivity contribution in [3.05, 3.63) is 24.3 Å². The summed E-state index contributed by atoms with van der Waals surface area (Å²) in [6, 6.07) is 7.34. The molecule has 1 N–H and O–H groups in total. The minimum Gasteiger partial charge on any atom is -0.494 e. The standard InChI is InChI=1S/C17H28N2O3/c1-4-5-6-7-13-21-16-10-8-15(9-11-16)18-17(20)22-14-12-19(2)3/h8-11H,4-7,12-14H2,1-3H3,(H,18,20). The van der Waals surface area contributed by atoms with E-state index in [0.29, 0.717) is 18.8 Å². The molecule has 1 aromatic rings. The van der Waals surface area contributed by atoms with Crippen LogP contribution in [0.1, 0.15) is 32.6 Å². The molecule has 0 aliphatic heterocycles. The van der Waals surface area contributed by atoms with E-state index in [-0.39, 0.29) is 0 Å². The topological polar surface area (TPSA) is 50.8 Å². The van der Waals surface area contributed by atoms with Crippen molar-refractivity contribution in [3.8, 4) is 5.75 Å². The van der Waals surface area contributed by atoms with E-state index in [2.05, 4.69) is 12.2 Å². The van der Waals surface area contributed by atoms with Gasteiger partial charge in [-0.1, -0.05) is 26.2 Å². The predicted molar refractivity (Wildman–Crippen MR) is 89.6 cm³/mol. The quantitative estimate of drug-likeness (QED) is 0.669. The molecule has 0 fully saturated rings. The number of hydrogen-bond acceptors (Lipinski definition) is 4. The molecular weight excluding hydrogens is 280 g/mol. The molecule has 124 valence electrons. The fraction of sp³-hybridized carbons (Fsp3) is 0.588. The van der Waals surface area contributed by atoms with Gasteiger partial charge in [-0.15, -0.1) is 0 Å². The van der Waals surface area contributed by atoms with Gasteiger partial charge in [0.2, 0.25) is 0 Å². The van der Waals surface area contributed by atoms with Gasteiger partial charge < -0.3 is 14.4 Å². The Morgan fingerprint density at radius 3 is 2.45 bits per heavy atom. The summed E-state index contributed by atoms with van der Waals surface area (Å²) in [7, 11) is 3.87. The summed E-state index contributed by atoms with van der Waals surface area (Å²) in [4.78, 5) is 13.5. The number of unbranched alkanes of at least 4 members (excludes halogenated alkanes) is 3. The Bertz CT molecular complexity index is 418. The number of nitrogens with zero attached hydrogens (tertiary/aromatic N) is 1. The minimum absolute atomic E-state index is 0.373. The normalized spacial score (nSPS) is 10.5. The smallest absolute Gasteiger partial charge is 0.411 e. The molecule has 0 saturated carbocycles. The SMILES string of the molecule is CCCCCCOc1ccc(NC(=O)OCCN(C)C)cc1. The lowest BCUT2D eigenvalue weighted by molar-refractivity contribution is 0.151. The van der Waals surface area contributed by atoms with Gasteiger partial charge >= 0.3 is 6.09 Å². The van der Waals surface area contributed by atoms with Crippen molar-refractivity contribution in [1.29, 1.82) is 0 Å². The third-order valence-electron chi connectivity index (χ3n) is 3.14. The van der Waals surface area contributed by atoms with Crippen molar-refractivity contribution in [2.75, 3.05) is 39.2 Å². The van der Waals surface area contributed by atoms with Crippen molar-refractivity contribution in [2.24, 2.45) is 0 Å². The summed E-state index contributed by atoms with van der Waals surface area (Å²) in [6.45, 7) is 4.01. The Morgan fingerprint density at radius 2 is 1.82 bits per heavy atom. The van der Waals surface area contributed by atoms with E-state index in [1.54, 1.807) is 0 Å². The van der Waals surface area contributed by atoms with E-state index in [9.17, 15) is 4.79 Å². The first-order valence-electron chi connectivity index (χ1n) is 7.93. The number of rotatable bonds is 10. The summed E-state index contributed by atoms with van der Waals surface area (Å²) in [5.41, 5.74) is 0.702. The third-order valence-corrected chi connectivity index (χ3v) is 3.14. The molecule has 0 aliphatic carbocycles. The lowest BCUT2D eigenvalue weighted by Gasteiger charge is -2.11. The molecule has 1 aromatic carbocycles. The van der Waals surface area contributed by atoms with Gasteiger partial charge in [-0.3, -0.25) is 5.32 Å². The number of likely N-dealkylation sites (N-methyl/N-ethyl adjacent to an activating group) is 1. The van der Waals surface area contributed by atoms with Crippen LogP contribution in [-0.2, 0) is 4.74 Å². The van der Waals surface area contributed by atoms with Gasteiger partial charge in [0.1, 0.15) is 12.4 Å². The highest BCUT2D eigenvalue weighted by atomic mass is 16.5. The highest BCUT2D eigenvalue weighted by Crippen LogP contribution is 2.16. The number of nitrogens with one attached hydrogen (secondary N) is 1. The summed E-state index contributed by atoms with van der Waals surface area (Å²) in [6.07, 6.45) is 4.32.